The number of ketones is 1. The Labute approximate surface area is 143 Å². The van der Waals surface area contributed by atoms with Crippen LogP contribution in [0.1, 0.15) is 34.0 Å². The Morgan fingerprint density at radius 3 is 2.62 bits per heavy atom. The van der Waals surface area contributed by atoms with Gasteiger partial charge in [0.15, 0.2) is 5.78 Å². The van der Waals surface area contributed by atoms with Gasteiger partial charge in [-0.05, 0) is 28.8 Å². The lowest BCUT2D eigenvalue weighted by atomic mass is 9.96. The normalized spacial score (nSPS) is 9.92. The van der Waals surface area contributed by atoms with Gasteiger partial charge in [0.25, 0.3) is 0 Å². The summed E-state index contributed by atoms with van der Waals surface area (Å²) in [4.78, 5) is 26.8. The number of nitrogens with zero attached hydrogens (tertiary/aromatic N) is 3. The van der Waals surface area contributed by atoms with Crippen molar-refractivity contribution in [2.75, 3.05) is 0 Å². The van der Waals surface area contributed by atoms with Crippen molar-refractivity contribution in [3.63, 3.8) is 0 Å². The van der Waals surface area contributed by atoms with Crippen molar-refractivity contribution in [1.29, 1.82) is 0 Å². The van der Waals surface area contributed by atoms with Crippen LogP contribution >= 0.6 is 11.6 Å². The van der Waals surface area contributed by atoms with Gasteiger partial charge in [0, 0.05) is 23.3 Å². The first-order valence-electron chi connectivity index (χ1n) is 7.07. The number of ether oxygens (including phenoxy) is 1. The van der Waals surface area contributed by atoms with E-state index in [9.17, 15) is 9.59 Å². The first kappa shape index (κ1) is 17.5. The molecule has 0 unspecified atom stereocenters. The molecular formula is C17H14ClN3O3. The monoisotopic (exact) mass is 343 g/mol. The van der Waals surface area contributed by atoms with E-state index in [0.717, 1.165) is 5.56 Å². The number of carbonyl (C=O) groups excluding carboxylic acids is 2. The molecule has 2 rings (SSSR count). The van der Waals surface area contributed by atoms with Crippen LogP contribution in [0.25, 0.3) is 10.4 Å². The predicted octanol–water partition coefficient (Wildman–Crippen LogP) is 4.39. The third kappa shape index (κ3) is 4.13. The zero-order chi connectivity index (χ0) is 17.5. The maximum Gasteiger partial charge on any atom is 0.308 e. The predicted molar refractivity (Wildman–Crippen MR) is 90.0 cm³/mol. The van der Waals surface area contributed by atoms with Crippen LogP contribution in [0.3, 0.4) is 0 Å². The Hall–Kier alpha value is -2.82. The molecule has 0 aromatic heterocycles. The van der Waals surface area contributed by atoms with Crippen molar-refractivity contribution in [1.82, 2.24) is 0 Å². The number of hydrogen-bond acceptors (Lipinski definition) is 4. The van der Waals surface area contributed by atoms with Crippen LogP contribution in [0, 0.1) is 0 Å². The molecule has 24 heavy (non-hydrogen) atoms. The number of alkyl halides is 1. The van der Waals surface area contributed by atoms with Crippen molar-refractivity contribution >= 4 is 23.4 Å². The maximum absolute atomic E-state index is 12.9. The zero-order valence-corrected chi connectivity index (χ0v) is 13.7. The van der Waals surface area contributed by atoms with E-state index in [0.29, 0.717) is 11.1 Å². The van der Waals surface area contributed by atoms with Gasteiger partial charge < -0.3 is 4.74 Å². The number of carbonyl (C=O) groups is 2. The van der Waals surface area contributed by atoms with Gasteiger partial charge in [0.05, 0.1) is 12.1 Å². The third-order valence-electron chi connectivity index (χ3n) is 3.26. The SMILES string of the molecule is CC(=O)Oc1ccccc1C(=O)c1ccc(CCl)cc1CN=[N+]=[N-]. The number of benzene rings is 2. The second-order valence-corrected chi connectivity index (χ2v) is 5.20. The molecule has 2 aromatic carbocycles. The van der Waals surface area contributed by atoms with Gasteiger partial charge in [0.2, 0.25) is 0 Å². The molecule has 0 atom stereocenters. The summed E-state index contributed by atoms with van der Waals surface area (Å²) in [5, 5.41) is 3.52. The summed E-state index contributed by atoms with van der Waals surface area (Å²) < 4.78 is 5.09. The third-order valence-corrected chi connectivity index (χ3v) is 3.57. The van der Waals surface area contributed by atoms with Gasteiger partial charge in [-0.1, -0.05) is 35.4 Å². The number of hydrogen-bond donors (Lipinski definition) is 0. The lowest BCUT2D eigenvalue weighted by molar-refractivity contribution is -0.131. The molecule has 7 heteroatoms. The molecule has 0 saturated heterocycles. The van der Waals surface area contributed by atoms with Crippen LogP contribution in [0.15, 0.2) is 47.6 Å². The lowest BCUT2D eigenvalue weighted by Gasteiger charge is -2.11. The van der Waals surface area contributed by atoms with E-state index >= 15 is 0 Å². The Kier molecular flexibility index (Phi) is 5.95. The summed E-state index contributed by atoms with van der Waals surface area (Å²) in [5.74, 6) is -0.369. The van der Waals surface area contributed by atoms with E-state index in [4.69, 9.17) is 21.9 Å². The fourth-order valence-electron chi connectivity index (χ4n) is 2.23. The fourth-order valence-corrected chi connectivity index (χ4v) is 2.40. The van der Waals surface area contributed by atoms with Gasteiger partial charge in [0.1, 0.15) is 5.75 Å². The maximum atomic E-state index is 12.9. The highest BCUT2D eigenvalue weighted by atomic mass is 35.5. The molecule has 2 aromatic rings. The molecule has 0 saturated carbocycles. The highest BCUT2D eigenvalue weighted by Gasteiger charge is 2.18. The number of para-hydroxylation sites is 1. The molecule has 0 fully saturated rings. The Morgan fingerprint density at radius 1 is 1.21 bits per heavy atom. The van der Waals surface area contributed by atoms with Gasteiger partial charge in [-0.15, -0.1) is 11.6 Å². The van der Waals surface area contributed by atoms with Crippen LogP contribution < -0.4 is 4.74 Å². The molecule has 6 nitrogen and oxygen atoms in total. The molecule has 0 amide bonds. The zero-order valence-electron chi connectivity index (χ0n) is 12.9. The number of rotatable bonds is 6. The molecule has 0 aliphatic rings. The van der Waals surface area contributed by atoms with E-state index in [1.54, 1.807) is 42.5 Å². The molecule has 0 bridgehead atoms. The second-order valence-electron chi connectivity index (χ2n) is 4.93. The van der Waals surface area contributed by atoms with Crippen LogP contribution in [-0.4, -0.2) is 11.8 Å². The van der Waals surface area contributed by atoms with E-state index in [1.807, 2.05) is 0 Å². The second kappa shape index (κ2) is 8.15. The first-order valence-corrected chi connectivity index (χ1v) is 7.61. The van der Waals surface area contributed by atoms with Crippen molar-refractivity contribution in [3.05, 3.63) is 75.2 Å². The molecule has 0 N–H and O–H groups in total. The van der Waals surface area contributed by atoms with Crippen molar-refractivity contribution in [2.45, 2.75) is 19.3 Å². The van der Waals surface area contributed by atoms with E-state index in [1.165, 1.54) is 6.92 Å². The molecular weight excluding hydrogens is 330 g/mol. The Balaban J connectivity index is 2.50. The molecule has 0 aliphatic heterocycles. The van der Waals surface area contributed by atoms with Crippen molar-refractivity contribution < 1.29 is 14.3 Å². The van der Waals surface area contributed by atoms with Crippen LogP contribution in [0.5, 0.6) is 5.75 Å². The van der Waals surface area contributed by atoms with Gasteiger partial charge in [-0.3, -0.25) is 9.59 Å². The number of halogens is 1. The summed E-state index contributed by atoms with van der Waals surface area (Å²) in [6.07, 6.45) is 0. The minimum Gasteiger partial charge on any atom is -0.426 e. The fraction of sp³-hybridized carbons (Fsp3) is 0.176. The van der Waals surface area contributed by atoms with Crippen LogP contribution in [0.4, 0.5) is 0 Å². The van der Waals surface area contributed by atoms with Crippen molar-refractivity contribution in [3.8, 4) is 5.75 Å². The molecule has 0 spiro atoms. The smallest absolute Gasteiger partial charge is 0.308 e. The Bertz CT molecular complexity index is 830. The van der Waals surface area contributed by atoms with Gasteiger partial charge in [-0.2, -0.15) is 0 Å². The van der Waals surface area contributed by atoms with Crippen molar-refractivity contribution in [2.24, 2.45) is 5.11 Å². The molecule has 0 radical (unpaired) electrons. The summed E-state index contributed by atoms with van der Waals surface area (Å²) in [5.41, 5.74) is 10.5. The number of azide groups is 1. The number of esters is 1. The summed E-state index contributed by atoms with van der Waals surface area (Å²) in [7, 11) is 0. The van der Waals surface area contributed by atoms with E-state index in [2.05, 4.69) is 10.0 Å². The Morgan fingerprint density at radius 2 is 1.96 bits per heavy atom. The quantitative estimate of drug-likeness (QED) is 0.148. The topological polar surface area (TPSA) is 92.1 Å². The minimum atomic E-state index is -0.512. The molecule has 0 heterocycles. The average Bonchev–Trinajstić information content (AvgIpc) is 2.59. The van der Waals surface area contributed by atoms with Crippen LogP contribution in [0.2, 0.25) is 0 Å². The summed E-state index contributed by atoms with van der Waals surface area (Å²) >= 11 is 5.82. The van der Waals surface area contributed by atoms with Gasteiger partial charge in [-0.25, -0.2) is 0 Å². The summed E-state index contributed by atoms with van der Waals surface area (Å²) in [6, 6.07) is 11.6. The first-order chi connectivity index (χ1) is 11.6. The highest BCUT2D eigenvalue weighted by Crippen LogP contribution is 2.25. The lowest BCUT2D eigenvalue weighted by Crippen LogP contribution is -2.10. The molecule has 122 valence electrons. The van der Waals surface area contributed by atoms with Gasteiger partial charge >= 0.3 is 5.97 Å². The largest absolute Gasteiger partial charge is 0.426 e. The average molecular weight is 344 g/mol. The summed E-state index contributed by atoms with van der Waals surface area (Å²) in [6.45, 7) is 1.29. The highest BCUT2D eigenvalue weighted by molar-refractivity contribution is 6.17. The van der Waals surface area contributed by atoms with Crippen LogP contribution in [-0.2, 0) is 17.2 Å². The minimum absolute atomic E-state index is 0.0258. The van der Waals surface area contributed by atoms with E-state index < -0.39 is 5.97 Å². The van der Waals surface area contributed by atoms with E-state index in [-0.39, 0.29) is 29.5 Å². The molecule has 0 aliphatic carbocycles. The standard InChI is InChI=1S/C17H14ClN3O3/c1-11(22)24-16-5-3-2-4-15(16)17(23)14-7-6-12(9-18)8-13(14)10-20-21-19/h2-8H,9-10H2,1H3.